The molecule has 38 heteroatoms. The summed E-state index contributed by atoms with van der Waals surface area (Å²) in [5.41, 5.74) is 13.7. The zero-order valence-electron chi connectivity index (χ0n) is 83.9. The molecule has 18 aliphatic rings. The molecule has 10 unspecified atom stereocenters. The Hall–Kier alpha value is -7.41. The number of H-pyrrole nitrogens is 2. The summed E-state index contributed by atoms with van der Waals surface area (Å²) in [7, 11) is 0. The SMILES string of the molecule is CCOC(=O)n1c2c(c3cc(OC4O[C@H](CO)[C@@H](O)[C@H](O)[C@H]4O)ccc31)CCN1C[C@H]3C[C@H](CC)C1[C@H]2C3.CC[C@H]1C[C@H]2C[C@H]3c4[nH]c5ccc(OC6OC[C@@H](O)[C@@H](O)[C@H]6O)cc5c4CCN(C2)C13.CC[C@H]1C[C@H]2C[C@H]3c4[nH]c5ccc(OC[C@H](O)[C@@H](O)[C@H](O)[C@H](O)CO)cc5c4CCN(C2)C13.CC[C@H]1C[C@H]2C[C@H]3c4c(c5cc(OC[C@H](O)[C@@H](O)[C@H](O)[C@H](O)CO)ccc5n4C[C@H](O)[C@@H](O)[C@H](O)[C@H](O)CO)CCN(C2)C13. The lowest BCUT2D eigenvalue weighted by atomic mass is 9.65. The number of aromatic nitrogens is 4. The van der Waals surface area contributed by atoms with Crippen molar-refractivity contribution in [2.24, 2.45) is 47.3 Å². The molecule has 0 spiro atoms. The number of piperidine rings is 8. The first-order chi connectivity index (χ1) is 70.3. The van der Waals surface area contributed by atoms with Gasteiger partial charge in [0, 0.05) is 161 Å². The number of hydrogen-bond donors (Lipinski definition) is 24. The molecule has 24 N–H and O–H groups in total. The normalized spacial score (nSPS) is 35.1. The molecule has 14 aliphatic heterocycles. The van der Waals surface area contributed by atoms with Gasteiger partial charge in [0.15, 0.2) is 0 Å². The molecule has 16 bridgehead atoms. The lowest BCUT2D eigenvalue weighted by Crippen LogP contribution is -2.60. The number of nitrogens with one attached hydrogen (secondary N) is 2. The first kappa shape index (κ1) is 107. The van der Waals surface area contributed by atoms with Crippen molar-refractivity contribution in [2.45, 2.75) is 320 Å². The Bertz CT molecular complexity index is 5780. The summed E-state index contributed by atoms with van der Waals surface area (Å²) in [6.45, 7) is 16.3. The number of aliphatic hydroxyl groups excluding tert-OH is 22. The maximum Gasteiger partial charge on any atom is 0.418 e. The van der Waals surface area contributed by atoms with Crippen molar-refractivity contribution < 1.29 is 150 Å². The molecule has 0 radical (unpaired) electrons. The number of fused-ring (bicyclic) bond motifs is 16. The zero-order chi connectivity index (χ0) is 103. The van der Waals surface area contributed by atoms with Crippen molar-refractivity contribution >= 4 is 49.7 Å². The molecular formula is C108H154N8O30. The molecule has 4 saturated carbocycles. The Kier molecular flexibility index (Phi) is 33.0. The van der Waals surface area contributed by atoms with E-state index in [1.54, 1.807) is 16.7 Å². The fourth-order valence-electron chi connectivity index (χ4n) is 28.9. The zero-order valence-corrected chi connectivity index (χ0v) is 83.9. The minimum Gasteiger partial charge on any atom is -0.491 e. The second kappa shape index (κ2) is 45.1. The van der Waals surface area contributed by atoms with E-state index in [1.165, 1.54) is 92.4 Å². The maximum absolute atomic E-state index is 13.4. The lowest BCUT2D eigenvalue weighted by molar-refractivity contribution is -0.277. The highest BCUT2D eigenvalue weighted by atomic mass is 16.7. The first-order valence-corrected chi connectivity index (χ1v) is 53.6. The number of aromatic amines is 2. The molecular weight excluding hydrogens is 1890 g/mol. The van der Waals surface area contributed by atoms with Crippen LogP contribution in [0.3, 0.4) is 0 Å². The van der Waals surface area contributed by atoms with Crippen LogP contribution in [0.15, 0.2) is 72.8 Å². The van der Waals surface area contributed by atoms with Gasteiger partial charge in [-0.25, -0.2) is 9.36 Å². The molecule has 14 fully saturated rings. The molecule has 4 aromatic carbocycles. The number of carbonyl (C=O) groups is 1. The lowest BCUT2D eigenvalue weighted by Gasteiger charge is -2.53. The Morgan fingerprint density at radius 1 is 0.404 bits per heavy atom. The molecule has 8 aromatic rings. The quantitative estimate of drug-likeness (QED) is 0.0305. The molecule has 146 heavy (non-hydrogen) atoms. The van der Waals surface area contributed by atoms with Gasteiger partial charge in [0.05, 0.1) is 51.7 Å². The highest BCUT2D eigenvalue weighted by Crippen LogP contribution is 2.58. The van der Waals surface area contributed by atoms with Crippen LogP contribution < -0.4 is 18.9 Å². The van der Waals surface area contributed by atoms with Gasteiger partial charge < -0.3 is 160 Å². The van der Waals surface area contributed by atoms with Crippen molar-refractivity contribution in [2.75, 3.05) is 105 Å². The van der Waals surface area contributed by atoms with E-state index in [0.29, 0.717) is 82.7 Å². The Morgan fingerprint density at radius 2 is 0.781 bits per heavy atom. The molecule has 4 aliphatic carbocycles. The van der Waals surface area contributed by atoms with E-state index in [4.69, 9.17) is 43.4 Å². The predicted octanol–water partition coefficient (Wildman–Crippen LogP) is 1.73. The van der Waals surface area contributed by atoms with Crippen LogP contribution in [0, 0.1) is 47.3 Å². The highest BCUT2D eigenvalue weighted by molar-refractivity contribution is 5.95. The molecule has 0 amide bonds. The summed E-state index contributed by atoms with van der Waals surface area (Å²) >= 11 is 0. The fraction of sp³-hybridized carbons (Fsp3) is 0.694. The molecule has 26 rings (SSSR count). The minimum atomic E-state index is -1.76. The summed E-state index contributed by atoms with van der Waals surface area (Å²) in [6, 6.07) is 24.5. The van der Waals surface area contributed by atoms with Gasteiger partial charge in [0.2, 0.25) is 12.6 Å². The van der Waals surface area contributed by atoms with Crippen molar-refractivity contribution in [3.63, 3.8) is 0 Å². The van der Waals surface area contributed by atoms with Crippen LogP contribution in [-0.4, -0.2) is 415 Å². The van der Waals surface area contributed by atoms with Crippen LogP contribution >= 0.6 is 0 Å². The van der Waals surface area contributed by atoms with Crippen LogP contribution in [0.1, 0.15) is 180 Å². The third-order valence-electron chi connectivity index (χ3n) is 35.8. The summed E-state index contributed by atoms with van der Waals surface area (Å²) < 4.78 is 43.6. The highest BCUT2D eigenvalue weighted by Gasteiger charge is 2.56. The molecule has 4 aromatic heterocycles. The fourth-order valence-corrected chi connectivity index (χ4v) is 28.9. The van der Waals surface area contributed by atoms with Crippen molar-refractivity contribution in [3.8, 4) is 23.0 Å². The van der Waals surface area contributed by atoms with E-state index >= 15 is 0 Å². The average molecular weight is 2040 g/mol. The average Bonchev–Trinajstić information content (AvgIpc) is 1.81. The molecule has 806 valence electrons. The van der Waals surface area contributed by atoms with Gasteiger partial charge in [0.25, 0.3) is 0 Å². The Morgan fingerprint density at radius 3 is 1.25 bits per heavy atom. The van der Waals surface area contributed by atoms with Gasteiger partial charge in [-0.1, -0.05) is 53.4 Å². The largest absolute Gasteiger partial charge is 0.491 e. The monoisotopic (exact) mass is 2040 g/mol. The first-order valence-electron chi connectivity index (χ1n) is 53.6. The summed E-state index contributed by atoms with van der Waals surface area (Å²) in [6.07, 6.45) is -13.2. The van der Waals surface area contributed by atoms with E-state index in [1.807, 2.05) is 72.2 Å². The summed E-state index contributed by atoms with van der Waals surface area (Å²) in [4.78, 5) is 31.5. The number of aliphatic hydroxyl groups is 22. The van der Waals surface area contributed by atoms with E-state index < -0.39 is 155 Å². The van der Waals surface area contributed by atoms with Crippen LogP contribution in [0.2, 0.25) is 0 Å². The number of hydrogen-bond acceptors (Lipinski definition) is 34. The molecule has 18 heterocycles. The van der Waals surface area contributed by atoms with E-state index in [0.717, 1.165) is 175 Å². The van der Waals surface area contributed by atoms with Crippen LogP contribution in [0.4, 0.5) is 4.79 Å². The smallest absolute Gasteiger partial charge is 0.418 e. The van der Waals surface area contributed by atoms with Crippen molar-refractivity contribution in [3.05, 3.63) is 118 Å². The van der Waals surface area contributed by atoms with Crippen LogP contribution in [-0.2, 0) is 46.4 Å². The predicted molar refractivity (Wildman–Crippen MR) is 533 cm³/mol. The van der Waals surface area contributed by atoms with Gasteiger partial charge in [0.1, 0.15) is 152 Å². The third kappa shape index (κ3) is 20.4. The van der Waals surface area contributed by atoms with Crippen LogP contribution in [0.5, 0.6) is 23.0 Å². The second-order valence-electron chi connectivity index (χ2n) is 44.3. The van der Waals surface area contributed by atoms with Gasteiger partial charge in [-0.15, -0.1) is 0 Å². The Balaban J connectivity index is 0.000000124. The minimum absolute atomic E-state index is 0.0525. The number of rotatable bonds is 30. The number of benzene rings is 4. The summed E-state index contributed by atoms with van der Waals surface area (Å²) in [5.74, 6) is 9.00. The summed E-state index contributed by atoms with van der Waals surface area (Å²) in [5, 5.41) is 223. The topological polar surface area (TPSA) is 581 Å². The van der Waals surface area contributed by atoms with Crippen molar-refractivity contribution in [1.29, 1.82) is 0 Å². The van der Waals surface area contributed by atoms with Gasteiger partial charge in [-0.05, 0) is 226 Å². The number of carbonyl (C=O) groups excluding carboxylic acids is 1. The van der Waals surface area contributed by atoms with E-state index in [-0.39, 0.29) is 50.9 Å². The number of ether oxygens (including phenoxy) is 7. The maximum atomic E-state index is 13.4. The Labute approximate surface area is 848 Å². The van der Waals surface area contributed by atoms with E-state index in [9.17, 15) is 107 Å². The number of nitrogens with zero attached hydrogens (tertiary/aromatic N) is 6. The molecule has 10 saturated heterocycles. The van der Waals surface area contributed by atoms with Gasteiger partial charge in [-0.3, -0.25) is 19.6 Å². The van der Waals surface area contributed by atoms with Gasteiger partial charge in [-0.2, -0.15) is 0 Å². The molecule has 38 nitrogen and oxygen atoms in total. The third-order valence-corrected chi connectivity index (χ3v) is 35.8. The molecule has 41 atom stereocenters. The van der Waals surface area contributed by atoms with Crippen molar-refractivity contribution in [1.82, 2.24) is 38.7 Å². The van der Waals surface area contributed by atoms with E-state index in [2.05, 4.69) is 57.3 Å². The van der Waals surface area contributed by atoms with Gasteiger partial charge >= 0.3 is 6.09 Å². The standard InChI is InChI=1S/C31H48N2O11.C28H38N2O8.C25H36N2O6.C24H32N2O5/c1-2-16-7-15-8-20-26(16)32(10-15)6-5-18-19-9-17(44-14-25(39)31(43)30(42)24(38)13-35)3-4-21(19)33(27(18)20)11-22(36)28(40)29(41)23(37)12-34;1-3-15-9-14-10-19-22(15)29(12-14)8-7-17-18-11-16(5-6-20(18)30(23(17)19)28(35)36-4-2)37-27-26(34)25(33)24(32)21(13-31)38-27;1-2-14-7-13-8-18-22-16(5-6-27(10-13)23(14)18)17-9-15(3-4-19(17)26-22)33-12-21(30)25(32)24(31)20(29)11-28;1-2-13-7-12-8-17-20-15(5-6-26(10-12)21(13)17)16-9-14(3-4-18(16)25-20)31-24-23(29)22(28)19(27)11-30-24/h3-4,9,15-16,20,22-26,28-31,34-43H,2,5-8,10-14H2,1H3;5-6,11,14-15,19,21-22,24-27,31-34H,3-4,7-10,12-13H2,1-2H3;3-4,9,13-14,18,20-21,23-26,28-32H,2,5-8,10-12H2,1H3;3-4,9,12-13,17,19,21-25,27-29H,2,5-8,10-11H2,1H3/t15-,16-,20+,22-,23+,24+,25-,26?,28+,29+,30+,31+;14-,15-,19+,21+,22?,24+,25-,26+,27?;13-,14-,18-,20+,21-,23?,24+,25+;12-,13-,17-,19+,21?,22+,23+,24?/m0000/s1. The van der Waals surface area contributed by atoms with Crippen LogP contribution in [0.25, 0.3) is 43.6 Å². The second-order valence-corrected chi connectivity index (χ2v) is 44.3.